The van der Waals surface area contributed by atoms with E-state index in [9.17, 15) is 4.39 Å². The molecule has 1 aromatic heterocycles. The zero-order valence-electron chi connectivity index (χ0n) is 14.5. The molecule has 1 aliphatic rings. The number of hydrogen-bond donors (Lipinski definition) is 1. The summed E-state index contributed by atoms with van der Waals surface area (Å²) in [6.07, 6.45) is 0. The molecule has 1 aliphatic heterocycles. The summed E-state index contributed by atoms with van der Waals surface area (Å²) in [5.74, 6) is 0.0488. The van der Waals surface area contributed by atoms with Crippen molar-refractivity contribution in [3.8, 4) is 17.1 Å². The van der Waals surface area contributed by atoms with Crippen molar-refractivity contribution < 1.29 is 9.13 Å². The Morgan fingerprint density at radius 2 is 1.93 bits per heavy atom. The molecule has 3 aromatic rings. The van der Waals surface area contributed by atoms with E-state index in [1.165, 1.54) is 7.11 Å². The topological polar surface area (TPSA) is 47.0 Å². The second-order valence-electron chi connectivity index (χ2n) is 6.35. The molecular formula is C20H16Cl2FN3O. The van der Waals surface area contributed by atoms with Crippen molar-refractivity contribution in [2.75, 3.05) is 13.7 Å². The van der Waals surface area contributed by atoms with Crippen LogP contribution in [-0.4, -0.2) is 23.9 Å². The molecule has 0 radical (unpaired) electrons. The molecule has 27 heavy (non-hydrogen) atoms. The summed E-state index contributed by atoms with van der Waals surface area (Å²) in [4.78, 5) is 0. The molecule has 0 aliphatic carbocycles. The number of rotatable bonds is 3. The number of aromatic nitrogens is 2. The van der Waals surface area contributed by atoms with Gasteiger partial charge in [-0.1, -0.05) is 29.3 Å². The third-order valence-electron chi connectivity index (χ3n) is 4.74. The predicted octanol–water partition coefficient (Wildman–Crippen LogP) is 4.83. The van der Waals surface area contributed by atoms with E-state index in [1.54, 1.807) is 24.3 Å². The minimum absolute atomic E-state index is 0.00554. The summed E-state index contributed by atoms with van der Waals surface area (Å²) in [6.45, 7) is 1.36. The fourth-order valence-corrected chi connectivity index (χ4v) is 3.67. The Balaban J connectivity index is 1.75. The molecule has 1 N–H and O–H groups in total. The largest absolute Gasteiger partial charge is 0.480 e. The van der Waals surface area contributed by atoms with Gasteiger partial charge in [-0.3, -0.25) is 0 Å². The van der Waals surface area contributed by atoms with E-state index in [4.69, 9.17) is 27.9 Å². The fraction of sp³-hybridized carbons (Fsp3) is 0.200. The lowest BCUT2D eigenvalue weighted by Gasteiger charge is -2.28. The lowest BCUT2D eigenvalue weighted by atomic mass is 9.84. The Morgan fingerprint density at radius 1 is 1.07 bits per heavy atom. The Kier molecular flexibility index (Phi) is 5.00. The van der Waals surface area contributed by atoms with Crippen LogP contribution in [-0.2, 0) is 6.54 Å². The van der Waals surface area contributed by atoms with Gasteiger partial charge in [0.1, 0.15) is 5.82 Å². The maximum atomic E-state index is 14.9. The highest BCUT2D eigenvalue weighted by molar-refractivity contribution is 6.42. The lowest BCUT2D eigenvalue weighted by Crippen LogP contribution is -2.29. The monoisotopic (exact) mass is 403 g/mol. The van der Waals surface area contributed by atoms with E-state index in [-0.39, 0.29) is 11.7 Å². The van der Waals surface area contributed by atoms with Crippen molar-refractivity contribution in [1.29, 1.82) is 0 Å². The Hall–Kier alpha value is -2.21. The van der Waals surface area contributed by atoms with Crippen LogP contribution in [0.1, 0.15) is 22.6 Å². The second kappa shape index (κ2) is 7.43. The molecule has 2 heterocycles. The van der Waals surface area contributed by atoms with Crippen LogP contribution in [0, 0.1) is 5.82 Å². The average Bonchev–Trinajstić information content (AvgIpc) is 2.69. The van der Waals surface area contributed by atoms with Crippen LogP contribution in [0.15, 0.2) is 42.5 Å². The Morgan fingerprint density at radius 3 is 2.63 bits per heavy atom. The number of fused-ring (bicyclic) bond motifs is 1. The van der Waals surface area contributed by atoms with Gasteiger partial charge in [-0.05, 0) is 47.0 Å². The number of hydrogen-bond acceptors (Lipinski definition) is 4. The molecule has 1 unspecified atom stereocenters. The Labute approximate surface area is 166 Å². The molecule has 0 bridgehead atoms. The fourth-order valence-electron chi connectivity index (χ4n) is 3.37. The summed E-state index contributed by atoms with van der Waals surface area (Å²) in [5, 5.41) is 12.4. The van der Waals surface area contributed by atoms with E-state index in [2.05, 4.69) is 15.5 Å². The molecule has 0 saturated carbocycles. The van der Waals surface area contributed by atoms with E-state index in [0.29, 0.717) is 40.3 Å². The van der Waals surface area contributed by atoms with Crippen LogP contribution in [0.2, 0.25) is 10.0 Å². The van der Waals surface area contributed by atoms with E-state index in [0.717, 1.165) is 16.7 Å². The summed E-state index contributed by atoms with van der Waals surface area (Å²) < 4.78 is 19.9. The molecule has 0 spiro atoms. The van der Waals surface area contributed by atoms with Gasteiger partial charge in [-0.2, -0.15) is 0 Å². The number of benzene rings is 2. The van der Waals surface area contributed by atoms with E-state index < -0.39 is 0 Å². The molecule has 7 heteroatoms. The number of nitrogens with zero attached hydrogens (tertiary/aromatic N) is 2. The highest BCUT2D eigenvalue weighted by Gasteiger charge is 2.24. The molecule has 4 rings (SSSR count). The van der Waals surface area contributed by atoms with E-state index in [1.807, 2.05) is 18.2 Å². The van der Waals surface area contributed by atoms with Gasteiger partial charge < -0.3 is 10.1 Å². The van der Waals surface area contributed by atoms with Crippen molar-refractivity contribution in [2.45, 2.75) is 12.5 Å². The SMILES string of the molecule is COc1ccc(-c2cc3c(cc2F)C(c2ccc(Cl)c(Cl)c2)CNC3)nn1. The Bertz CT molecular complexity index is 995. The third-order valence-corrected chi connectivity index (χ3v) is 5.48. The zero-order valence-corrected chi connectivity index (χ0v) is 16.0. The van der Waals surface area contributed by atoms with Gasteiger partial charge in [0.2, 0.25) is 5.88 Å². The quantitative estimate of drug-likeness (QED) is 0.679. The highest BCUT2D eigenvalue weighted by atomic mass is 35.5. The molecular weight excluding hydrogens is 388 g/mol. The van der Waals surface area contributed by atoms with Crippen molar-refractivity contribution in [3.63, 3.8) is 0 Å². The minimum atomic E-state index is -0.333. The molecule has 2 aromatic carbocycles. The maximum absolute atomic E-state index is 14.9. The number of methoxy groups -OCH3 is 1. The van der Waals surface area contributed by atoms with Crippen LogP contribution in [0.3, 0.4) is 0 Å². The lowest BCUT2D eigenvalue weighted by molar-refractivity contribution is 0.392. The van der Waals surface area contributed by atoms with Crippen LogP contribution in [0.25, 0.3) is 11.3 Å². The molecule has 138 valence electrons. The summed E-state index contributed by atoms with van der Waals surface area (Å²) in [6, 6.07) is 12.3. The number of ether oxygens (including phenoxy) is 1. The zero-order chi connectivity index (χ0) is 19.0. The van der Waals surface area contributed by atoms with Crippen LogP contribution >= 0.6 is 23.2 Å². The highest BCUT2D eigenvalue weighted by Crippen LogP contribution is 2.36. The first-order valence-electron chi connectivity index (χ1n) is 8.43. The van der Waals surface area contributed by atoms with Crippen molar-refractivity contribution in [2.24, 2.45) is 0 Å². The minimum Gasteiger partial charge on any atom is -0.480 e. The van der Waals surface area contributed by atoms with Gasteiger partial charge in [-0.15, -0.1) is 10.2 Å². The summed E-state index contributed by atoms with van der Waals surface area (Å²) in [5.41, 5.74) is 3.84. The van der Waals surface area contributed by atoms with Gasteiger partial charge in [0.15, 0.2) is 0 Å². The standard InChI is InChI=1S/C20H16Cl2FN3O/c1-27-20-5-4-19(25-26-20)14-6-12-9-24-10-15(13(12)8-18(14)23)11-2-3-16(21)17(22)7-11/h2-8,15,24H,9-10H2,1H3. The number of halogens is 3. The second-order valence-corrected chi connectivity index (χ2v) is 7.16. The summed E-state index contributed by atoms with van der Waals surface area (Å²) >= 11 is 12.2. The third kappa shape index (κ3) is 3.50. The molecule has 0 amide bonds. The van der Waals surface area contributed by atoms with Gasteiger partial charge >= 0.3 is 0 Å². The number of nitrogens with one attached hydrogen (secondary N) is 1. The van der Waals surface area contributed by atoms with Crippen LogP contribution < -0.4 is 10.1 Å². The molecule has 1 atom stereocenters. The maximum Gasteiger partial charge on any atom is 0.233 e. The van der Waals surface area contributed by atoms with E-state index >= 15 is 0 Å². The van der Waals surface area contributed by atoms with Crippen molar-refractivity contribution in [1.82, 2.24) is 15.5 Å². The van der Waals surface area contributed by atoms with Gasteiger partial charge in [0.05, 0.1) is 22.8 Å². The molecule has 0 saturated heterocycles. The predicted molar refractivity (Wildman–Crippen MR) is 104 cm³/mol. The first-order valence-corrected chi connectivity index (χ1v) is 9.18. The molecule has 4 nitrogen and oxygen atoms in total. The molecule has 0 fully saturated rings. The summed E-state index contributed by atoms with van der Waals surface area (Å²) in [7, 11) is 1.51. The van der Waals surface area contributed by atoms with Gasteiger partial charge in [0.25, 0.3) is 0 Å². The first-order chi connectivity index (χ1) is 13.1. The van der Waals surface area contributed by atoms with Crippen molar-refractivity contribution >= 4 is 23.2 Å². The van der Waals surface area contributed by atoms with Gasteiger partial charge in [0, 0.05) is 30.6 Å². The average molecular weight is 404 g/mol. The van der Waals surface area contributed by atoms with Crippen molar-refractivity contribution in [3.05, 3.63) is 75.0 Å². The van der Waals surface area contributed by atoms with Crippen LogP contribution in [0.5, 0.6) is 5.88 Å². The smallest absolute Gasteiger partial charge is 0.233 e. The van der Waals surface area contributed by atoms with Gasteiger partial charge in [-0.25, -0.2) is 4.39 Å². The van der Waals surface area contributed by atoms with Crippen LogP contribution in [0.4, 0.5) is 4.39 Å². The normalized spacial score (nSPS) is 16.1. The first kappa shape index (κ1) is 18.2.